The third-order valence-electron chi connectivity index (χ3n) is 3.39. The molecule has 1 aromatic carbocycles. The summed E-state index contributed by atoms with van der Waals surface area (Å²) in [6.07, 6.45) is 1.23. The van der Waals surface area contributed by atoms with Crippen molar-refractivity contribution in [1.82, 2.24) is 10.3 Å². The van der Waals surface area contributed by atoms with Crippen LogP contribution in [0.3, 0.4) is 0 Å². The average molecular weight is 279 g/mol. The van der Waals surface area contributed by atoms with Crippen molar-refractivity contribution in [2.24, 2.45) is 0 Å². The molecule has 84 valence electrons. The molecule has 1 aliphatic rings. The van der Waals surface area contributed by atoms with Gasteiger partial charge in [-0.05, 0) is 48.0 Å². The molecule has 3 heteroatoms. The van der Waals surface area contributed by atoms with Crippen LogP contribution in [0.4, 0.5) is 0 Å². The molecular formula is C13H15BrN2. The van der Waals surface area contributed by atoms with Crippen molar-refractivity contribution in [1.29, 1.82) is 0 Å². The quantitative estimate of drug-likeness (QED) is 0.823. The molecule has 0 aliphatic carbocycles. The number of hydrogen-bond acceptors (Lipinski definition) is 1. The molecule has 0 saturated carbocycles. The summed E-state index contributed by atoms with van der Waals surface area (Å²) in [7, 11) is 0. The Bertz CT molecular complexity index is 524. The van der Waals surface area contributed by atoms with Crippen molar-refractivity contribution in [2.45, 2.75) is 19.3 Å². The van der Waals surface area contributed by atoms with Crippen LogP contribution >= 0.6 is 15.9 Å². The van der Waals surface area contributed by atoms with E-state index >= 15 is 0 Å². The number of aromatic amines is 1. The van der Waals surface area contributed by atoms with Crippen molar-refractivity contribution in [3.63, 3.8) is 0 Å². The lowest BCUT2D eigenvalue weighted by Crippen LogP contribution is -2.08. The number of aryl methyl sites for hydroxylation is 1. The SMILES string of the molecule is Cc1ccc2[nH]c(C3CCNC3)c(Br)c2c1. The van der Waals surface area contributed by atoms with E-state index in [1.165, 1.54) is 33.1 Å². The molecule has 1 fully saturated rings. The van der Waals surface area contributed by atoms with Crippen LogP contribution in [-0.2, 0) is 0 Å². The minimum absolute atomic E-state index is 0.627. The van der Waals surface area contributed by atoms with E-state index in [1.54, 1.807) is 0 Å². The highest BCUT2D eigenvalue weighted by molar-refractivity contribution is 9.10. The summed E-state index contributed by atoms with van der Waals surface area (Å²) in [5.74, 6) is 0.627. The minimum Gasteiger partial charge on any atom is -0.357 e. The predicted octanol–water partition coefficient (Wildman–Crippen LogP) is 3.32. The third kappa shape index (κ3) is 1.59. The lowest BCUT2D eigenvalue weighted by Gasteiger charge is -2.06. The van der Waals surface area contributed by atoms with Gasteiger partial charge in [-0.15, -0.1) is 0 Å². The van der Waals surface area contributed by atoms with Crippen LogP contribution in [0.5, 0.6) is 0 Å². The second-order valence-electron chi connectivity index (χ2n) is 4.59. The van der Waals surface area contributed by atoms with Crippen molar-refractivity contribution in [2.75, 3.05) is 13.1 Å². The third-order valence-corrected chi connectivity index (χ3v) is 4.24. The highest BCUT2D eigenvalue weighted by Gasteiger charge is 2.21. The van der Waals surface area contributed by atoms with Crippen LogP contribution in [-0.4, -0.2) is 18.1 Å². The van der Waals surface area contributed by atoms with Gasteiger partial charge in [0.1, 0.15) is 0 Å². The van der Waals surface area contributed by atoms with E-state index < -0.39 is 0 Å². The van der Waals surface area contributed by atoms with Gasteiger partial charge in [0, 0.05) is 33.5 Å². The Morgan fingerprint density at radius 1 is 1.38 bits per heavy atom. The largest absolute Gasteiger partial charge is 0.357 e. The van der Waals surface area contributed by atoms with Gasteiger partial charge in [0.05, 0.1) is 0 Å². The molecule has 16 heavy (non-hydrogen) atoms. The highest BCUT2D eigenvalue weighted by Crippen LogP contribution is 2.35. The molecule has 0 bridgehead atoms. The zero-order valence-electron chi connectivity index (χ0n) is 9.31. The Morgan fingerprint density at radius 2 is 2.25 bits per heavy atom. The van der Waals surface area contributed by atoms with Gasteiger partial charge >= 0.3 is 0 Å². The minimum atomic E-state index is 0.627. The first-order valence-corrected chi connectivity index (χ1v) is 6.53. The summed E-state index contributed by atoms with van der Waals surface area (Å²) in [5, 5.41) is 4.72. The summed E-state index contributed by atoms with van der Waals surface area (Å²) in [5.41, 5.74) is 3.90. The standard InChI is InChI=1S/C13H15BrN2/c1-8-2-3-11-10(6-8)12(14)13(16-11)9-4-5-15-7-9/h2-3,6,9,15-16H,4-5,7H2,1H3. The molecule has 0 amide bonds. The van der Waals surface area contributed by atoms with Crippen LogP contribution in [0.2, 0.25) is 0 Å². The highest BCUT2D eigenvalue weighted by atomic mass is 79.9. The first kappa shape index (κ1) is 10.4. The maximum absolute atomic E-state index is 3.74. The fraction of sp³-hybridized carbons (Fsp3) is 0.385. The summed E-state index contributed by atoms with van der Waals surface area (Å²) in [6, 6.07) is 6.56. The number of benzene rings is 1. The number of halogens is 1. The molecule has 1 aliphatic heterocycles. The van der Waals surface area contributed by atoms with E-state index in [9.17, 15) is 0 Å². The number of nitrogens with one attached hydrogen (secondary N) is 2. The van der Waals surface area contributed by atoms with E-state index in [-0.39, 0.29) is 0 Å². The fourth-order valence-electron chi connectivity index (χ4n) is 2.48. The predicted molar refractivity (Wildman–Crippen MR) is 71.0 cm³/mol. The lowest BCUT2D eigenvalue weighted by molar-refractivity contribution is 0.740. The average Bonchev–Trinajstić information content (AvgIpc) is 2.87. The Labute approximate surface area is 104 Å². The molecule has 1 unspecified atom stereocenters. The number of aromatic nitrogens is 1. The molecule has 3 rings (SSSR count). The van der Waals surface area contributed by atoms with Crippen LogP contribution in [0.25, 0.3) is 10.9 Å². The Kier molecular flexibility index (Phi) is 2.52. The van der Waals surface area contributed by atoms with Crippen LogP contribution < -0.4 is 5.32 Å². The van der Waals surface area contributed by atoms with Gasteiger partial charge < -0.3 is 10.3 Å². The molecular weight excluding hydrogens is 264 g/mol. The zero-order chi connectivity index (χ0) is 11.1. The molecule has 2 N–H and O–H groups in total. The topological polar surface area (TPSA) is 27.8 Å². The summed E-state index contributed by atoms with van der Waals surface area (Å²) in [6.45, 7) is 4.35. The zero-order valence-corrected chi connectivity index (χ0v) is 10.9. The number of hydrogen-bond donors (Lipinski definition) is 2. The van der Waals surface area contributed by atoms with Crippen LogP contribution in [0.15, 0.2) is 22.7 Å². The second-order valence-corrected chi connectivity index (χ2v) is 5.38. The number of fused-ring (bicyclic) bond motifs is 1. The smallest absolute Gasteiger partial charge is 0.0468 e. The molecule has 0 spiro atoms. The van der Waals surface area contributed by atoms with E-state index in [0.717, 1.165) is 13.1 Å². The molecule has 1 saturated heterocycles. The van der Waals surface area contributed by atoms with Gasteiger partial charge in [0.25, 0.3) is 0 Å². The van der Waals surface area contributed by atoms with Crippen molar-refractivity contribution < 1.29 is 0 Å². The van der Waals surface area contributed by atoms with Gasteiger partial charge in [-0.3, -0.25) is 0 Å². The van der Waals surface area contributed by atoms with E-state index in [0.29, 0.717) is 5.92 Å². The lowest BCUT2D eigenvalue weighted by atomic mass is 10.1. The van der Waals surface area contributed by atoms with Crippen molar-refractivity contribution in [3.8, 4) is 0 Å². The van der Waals surface area contributed by atoms with Crippen LogP contribution in [0, 0.1) is 6.92 Å². The molecule has 2 nitrogen and oxygen atoms in total. The Hall–Kier alpha value is -0.800. The van der Waals surface area contributed by atoms with Crippen molar-refractivity contribution in [3.05, 3.63) is 33.9 Å². The van der Waals surface area contributed by atoms with E-state index in [2.05, 4.69) is 51.4 Å². The first-order valence-electron chi connectivity index (χ1n) is 5.74. The maximum Gasteiger partial charge on any atom is 0.0468 e. The number of H-pyrrole nitrogens is 1. The summed E-state index contributed by atoms with van der Waals surface area (Å²) >= 11 is 3.74. The molecule has 2 heterocycles. The Balaban J connectivity index is 2.15. The fourth-order valence-corrected chi connectivity index (χ4v) is 3.23. The molecule has 0 radical (unpaired) electrons. The number of rotatable bonds is 1. The van der Waals surface area contributed by atoms with Gasteiger partial charge in [0.15, 0.2) is 0 Å². The van der Waals surface area contributed by atoms with Gasteiger partial charge in [0.2, 0.25) is 0 Å². The molecule has 1 atom stereocenters. The summed E-state index contributed by atoms with van der Waals surface area (Å²) < 4.78 is 1.25. The van der Waals surface area contributed by atoms with Crippen molar-refractivity contribution >= 4 is 26.8 Å². The van der Waals surface area contributed by atoms with E-state index in [4.69, 9.17) is 0 Å². The first-order chi connectivity index (χ1) is 7.75. The van der Waals surface area contributed by atoms with E-state index in [1.807, 2.05) is 0 Å². The second kappa shape index (κ2) is 3.90. The van der Waals surface area contributed by atoms with Crippen LogP contribution in [0.1, 0.15) is 23.6 Å². The Morgan fingerprint density at radius 3 is 3.00 bits per heavy atom. The maximum atomic E-state index is 3.74. The summed E-state index contributed by atoms with van der Waals surface area (Å²) in [4.78, 5) is 3.55. The molecule has 1 aromatic heterocycles. The normalized spacial score (nSPS) is 20.8. The van der Waals surface area contributed by atoms with Gasteiger partial charge in [-0.2, -0.15) is 0 Å². The monoisotopic (exact) mass is 278 g/mol. The van der Waals surface area contributed by atoms with Gasteiger partial charge in [-0.1, -0.05) is 11.6 Å². The molecule has 2 aromatic rings. The van der Waals surface area contributed by atoms with Gasteiger partial charge in [-0.25, -0.2) is 0 Å².